The summed E-state index contributed by atoms with van der Waals surface area (Å²) in [6.45, 7) is 3.84. The number of carbonyl (C=O) groups is 2. The number of hydrogen-bond donors (Lipinski definition) is 1. The maximum absolute atomic E-state index is 13.1. The van der Waals surface area contributed by atoms with Gasteiger partial charge in [0.05, 0.1) is 5.41 Å². The van der Waals surface area contributed by atoms with Crippen LogP contribution in [0.1, 0.15) is 44.6 Å². The van der Waals surface area contributed by atoms with E-state index in [-0.39, 0.29) is 11.8 Å². The lowest BCUT2D eigenvalue weighted by Crippen LogP contribution is -2.45. The highest BCUT2D eigenvalue weighted by molar-refractivity contribution is 7.13. The van der Waals surface area contributed by atoms with Crippen molar-refractivity contribution in [2.24, 2.45) is 16.7 Å². The minimum absolute atomic E-state index is 0.0942. The molecule has 3 aliphatic rings. The second-order valence-corrected chi connectivity index (χ2v) is 10.4. The van der Waals surface area contributed by atoms with Crippen molar-refractivity contribution in [3.63, 3.8) is 0 Å². The monoisotopic (exact) mass is 422 g/mol. The molecule has 0 unspecified atom stereocenters. The number of benzene rings is 1. The summed E-state index contributed by atoms with van der Waals surface area (Å²) < 4.78 is 0. The highest BCUT2D eigenvalue weighted by Gasteiger charge is 2.62. The number of carbonyl (C=O) groups excluding carboxylic acids is 2. The molecule has 0 radical (unpaired) electrons. The number of likely N-dealkylation sites (tertiary alicyclic amines) is 1. The van der Waals surface area contributed by atoms with Gasteiger partial charge >= 0.3 is 0 Å². The van der Waals surface area contributed by atoms with Gasteiger partial charge in [0.15, 0.2) is 0 Å². The van der Waals surface area contributed by atoms with Crippen molar-refractivity contribution >= 4 is 23.2 Å². The molecule has 2 aliphatic carbocycles. The summed E-state index contributed by atoms with van der Waals surface area (Å²) in [5.41, 5.74) is 2.20. The van der Waals surface area contributed by atoms with Gasteiger partial charge in [-0.15, -0.1) is 11.3 Å². The van der Waals surface area contributed by atoms with E-state index in [4.69, 9.17) is 0 Å². The van der Waals surface area contributed by atoms with Crippen LogP contribution in [0.25, 0.3) is 10.4 Å². The summed E-state index contributed by atoms with van der Waals surface area (Å²) in [6, 6.07) is 12.8. The third kappa shape index (κ3) is 3.37. The molecule has 30 heavy (non-hydrogen) atoms. The van der Waals surface area contributed by atoms with E-state index in [1.807, 2.05) is 11.8 Å². The van der Waals surface area contributed by atoms with Crippen LogP contribution >= 0.6 is 11.3 Å². The van der Waals surface area contributed by atoms with Crippen LogP contribution in [-0.2, 0) is 16.0 Å². The van der Waals surface area contributed by atoms with Crippen LogP contribution in [0.5, 0.6) is 0 Å². The number of amides is 2. The molecular formula is C25H30N2O2S. The quantitative estimate of drug-likeness (QED) is 0.745. The number of rotatable bonds is 6. The molecule has 1 saturated heterocycles. The second-order valence-electron chi connectivity index (χ2n) is 9.47. The Bertz CT molecular complexity index is 933. The van der Waals surface area contributed by atoms with Gasteiger partial charge in [-0.1, -0.05) is 36.8 Å². The van der Waals surface area contributed by atoms with Crippen molar-refractivity contribution in [1.82, 2.24) is 10.2 Å². The molecule has 2 heterocycles. The average molecular weight is 423 g/mol. The van der Waals surface area contributed by atoms with E-state index in [9.17, 15) is 9.59 Å². The number of nitrogens with zero attached hydrogens (tertiary/aromatic N) is 1. The highest BCUT2D eigenvalue weighted by atomic mass is 32.1. The van der Waals surface area contributed by atoms with Gasteiger partial charge in [-0.25, -0.2) is 0 Å². The van der Waals surface area contributed by atoms with Crippen molar-refractivity contribution in [3.05, 3.63) is 47.3 Å². The SMILES string of the molecule is CCNC(=O)[C@@]1(Cc2ccc(-c3cccs3)cc2)CCN(C(=O)[C@H]2CC23CCC3)C1. The molecule has 2 saturated carbocycles. The Kier molecular flexibility index (Phi) is 4.97. The summed E-state index contributed by atoms with van der Waals surface area (Å²) in [6.07, 6.45) is 6.21. The van der Waals surface area contributed by atoms with E-state index in [1.54, 1.807) is 11.3 Å². The van der Waals surface area contributed by atoms with E-state index in [0.717, 1.165) is 18.4 Å². The van der Waals surface area contributed by atoms with Crippen LogP contribution in [0.2, 0.25) is 0 Å². The molecule has 4 nitrogen and oxygen atoms in total. The molecule has 0 bridgehead atoms. The fraction of sp³-hybridized carbons (Fsp3) is 0.520. The average Bonchev–Trinajstić information content (AvgIpc) is 3.06. The summed E-state index contributed by atoms with van der Waals surface area (Å²) in [5, 5.41) is 5.14. The van der Waals surface area contributed by atoms with Crippen molar-refractivity contribution in [2.45, 2.75) is 45.4 Å². The molecule has 2 aromatic rings. The molecular weight excluding hydrogens is 392 g/mol. The Balaban J connectivity index is 1.32. The first-order chi connectivity index (χ1) is 14.6. The minimum atomic E-state index is -0.516. The fourth-order valence-corrected chi connectivity index (χ4v) is 6.27. The van der Waals surface area contributed by atoms with Gasteiger partial charge in [-0.05, 0) is 67.0 Å². The van der Waals surface area contributed by atoms with Gasteiger partial charge in [0.2, 0.25) is 11.8 Å². The lowest BCUT2D eigenvalue weighted by atomic mass is 9.79. The number of hydrogen-bond acceptors (Lipinski definition) is 3. The summed E-state index contributed by atoms with van der Waals surface area (Å²) in [5.74, 6) is 0.618. The molecule has 5 heteroatoms. The molecule has 1 spiro atoms. The summed E-state index contributed by atoms with van der Waals surface area (Å²) in [7, 11) is 0. The summed E-state index contributed by atoms with van der Waals surface area (Å²) >= 11 is 1.74. The first kappa shape index (κ1) is 19.8. The Labute approximate surface area is 182 Å². The van der Waals surface area contributed by atoms with E-state index in [2.05, 4.69) is 47.1 Å². The zero-order valence-electron chi connectivity index (χ0n) is 17.7. The Morgan fingerprint density at radius 1 is 1.17 bits per heavy atom. The number of thiophene rings is 1. The lowest BCUT2D eigenvalue weighted by molar-refractivity contribution is -0.135. The zero-order valence-corrected chi connectivity index (χ0v) is 18.5. The van der Waals surface area contributed by atoms with Crippen LogP contribution in [0.4, 0.5) is 0 Å². The minimum Gasteiger partial charge on any atom is -0.356 e. The molecule has 2 atom stereocenters. The normalized spacial score (nSPS) is 26.4. The Hall–Kier alpha value is -2.14. The van der Waals surface area contributed by atoms with Gasteiger partial charge < -0.3 is 10.2 Å². The van der Waals surface area contributed by atoms with Crippen LogP contribution in [-0.4, -0.2) is 36.3 Å². The fourth-order valence-electron chi connectivity index (χ4n) is 5.54. The van der Waals surface area contributed by atoms with Crippen molar-refractivity contribution in [1.29, 1.82) is 0 Å². The van der Waals surface area contributed by atoms with Gasteiger partial charge in [0.25, 0.3) is 0 Å². The largest absolute Gasteiger partial charge is 0.356 e. The highest BCUT2D eigenvalue weighted by Crippen LogP contribution is 2.66. The van der Waals surface area contributed by atoms with Crippen LogP contribution in [0, 0.1) is 16.7 Å². The smallest absolute Gasteiger partial charge is 0.228 e. The van der Waals surface area contributed by atoms with Gasteiger partial charge in [0, 0.05) is 30.4 Å². The predicted octanol–water partition coefficient (Wildman–Crippen LogP) is 4.50. The third-order valence-corrected chi connectivity index (χ3v) is 8.54. The van der Waals surface area contributed by atoms with E-state index >= 15 is 0 Å². The molecule has 1 aromatic heterocycles. The zero-order chi connectivity index (χ0) is 20.8. The van der Waals surface area contributed by atoms with Crippen molar-refractivity contribution < 1.29 is 9.59 Å². The van der Waals surface area contributed by atoms with Crippen LogP contribution < -0.4 is 5.32 Å². The maximum Gasteiger partial charge on any atom is 0.228 e. The molecule has 3 fully saturated rings. The standard InChI is InChI=1S/C25H30N2O2S/c1-2-26-23(29)25(15-18-6-8-19(9-7-18)21-5-3-14-30-21)12-13-27(17-25)22(28)20-16-24(20)10-4-11-24/h3,5-9,14,20H,2,4,10-13,15-17H2,1H3,(H,26,29)/t20-,25-/m1/s1. The van der Waals surface area contributed by atoms with E-state index < -0.39 is 5.41 Å². The van der Waals surface area contributed by atoms with Gasteiger partial charge in [-0.2, -0.15) is 0 Å². The lowest BCUT2D eigenvalue weighted by Gasteiger charge is -2.30. The Morgan fingerprint density at radius 3 is 2.57 bits per heavy atom. The summed E-state index contributed by atoms with van der Waals surface area (Å²) in [4.78, 5) is 29.5. The molecule has 2 amide bonds. The van der Waals surface area contributed by atoms with Crippen LogP contribution in [0.3, 0.4) is 0 Å². The topological polar surface area (TPSA) is 49.4 Å². The van der Waals surface area contributed by atoms with Crippen LogP contribution in [0.15, 0.2) is 41.8 Å². The molecule has 158 valence electrons. The Morgan fingerprint density at radius 2 is 1.97 bits per heavy atom. The van der Waals surface area contributed by atoms with Gasteiger partial charge in [-0.3, -0.25) is 9.59 Å². The van der Waals surface area contributed by atoms with Gasteiger partial charge in [0.1, 0.15) is 0 Å². The van der Waals surface area contributed by atoms with E-state index in [0.29, 0.717) is 37.4 Å². The molecule has 1 aliphatic heterocycles. The maximum atomic E-state index is 13.1. The first-order valence-electron chi connectivity index (χ1n) is 11.3. The van der Waals surface area contributed by atoms with Crippen molar-refractivity contribution in [3.8, 4) is 10.4 Å². The number of nitrogens with one attached hydrogen (secondary N) is 1. The first-order valence-corrected chi connectivity index (χ1v) is 12.1. The van der Waals surface area contributed by atoms with E-state index in [1.165, 1.54) is 29.7 Å². The molecule has 5 rings (SSSR count). The third-order valence-electron chi connectivity index (χ3n) is 7.62. The molecule has 1 aromatic carbocycles. The van der Waals surface area contributed by atoms with Crippen molar-refractivity contribution in [2.75, 3.05) is 19.6 Å². The molecule has 1 N–H and O–H groups in total. The second kappa shape index (κ2) is 7.52. The predicted molar refractivity (Wildman–Crippen MR) is 120 cm³/mol.